The van der Waals surface area contributed by atoms with Crippen LogP contribution < -0.4 is 0 Å². The highest BCUT2D eigenvalue weighted by Crippen LogP contribution is 2.24. The lowest BCUT2D eigenvalue weighted by Gasteiger charge is -2.00. The first-order valence-electron chi connectivity index (χ1n) is 3.43. The van der Waals surface area contributed by atoms with E-state index in [1.807, 2.05) is 0 Å². The minimum atomic E-state index is -0.658. The van der Waals surface area contributed by atoms with Gasteiger partial charge in [0.1, 0.15) is 11.4 Å². The van der Waals surface area contributed by atoms with Crippen LogP contribution in [0.2, 0.25) is 0 Å². The molecule has 1 aromatic rings. The lowest BCUT2D eigenvalue weighted by atomic mass is 10.2. The van der Waals surface area contributed by atoms with Crippen molar-refractivity contribution < 1.29 is 14.6 Å². The van der Waals surface area contributed by atoms with Crippen molar-refractivity contribution in [2.45, 2.75) is 0 Å². The second-order valence-corrected chi connectivity index (χ2v) is 2.28. The zero-order valence-electron chi connectivity index (χ0n) is 6.85. The molecule has 0 aromatic heterocycles. The maximum absolute atomic E-state index is 11.0. The molecule has 0 saturated carbocycles. The van der Waals surface area contributed by atoms with Gasteiger partial charge in [-0.15, -0.1) is 4.91 Å². The van der Waals surface area contributed by atoms with Crippen LogP contribution in [0.4, 0.5) is 5.69 Å². The standard InChI is InChI=1S/C8H7NO4/c1-13-8(11)6-3-2-5(10)4-7(6)9-12/h2-4,10H,1H3. The number of methoxy groups -OCH3 is 1. The minimum Gasteiger partial charge on any atom is -0.508 e. The molecule has 1 N–H and O–H groups in total. The molecule has 0 unspecified atom stereocenters. The third-order valence-corrected chi connectivity index (χ3v) is 1.48. The number of esters is 1. The Labute approximate surface area is 73.9 Å². The van der Waals surface area contributed by atoms with Gasteiger partial charge in [0.05, 0.1) is 12.7 Å². The zero-order valence-corrected chi connectivity index (χ0v) is 6.85. The Morgan fingerprint density at radius 2 is 2.23 bits per heavy atom. The molecule has 0 aliphatic rings. The zero-order chi connectivity index (χ0) is 9.84. The van der Waals surface area contributed by atoms with Crippen molar-refractivity contribution in [3.8, 4) is 5.75 Å². The van der Waals surface area contributed by atoms with Crippen LogP contribution >= 0.6 is 0 Å². The van der Waals surface area contributed by atoms with Crippen LogP contribution in [-0.2, 0) is 4.74 Å². The Balaban J connectivity index is 3.20. The van der Waals surface area contributed by atoms with Crippen LogP contribution in [-0.4, -0.2) is 18.2 Å². The van der Waals surface area contributed by atoms with Crippen molar-refractivity contribution in [3.63, 3.8) is 0 Å². The molecule has 13 heavy (non-hydrogen) atoms. The number of carbonyl (C=O) groups is 1. The van der Waals surface area contributed by atoms with Crippen molar-refractivity contribution in [2.75, 3.05) is 7.11 Å². The molecule has 0 saturated heterocycles. The summed E-state index contributed by atoms with van der Waals surface area (Å²) in [7, 11) is 1.20. The molecule has 5 nitrogen and oxygen atoms in total. The van der Waals surface area contributed by atoms with Crippen molar-refractivity contribution in [3.05, 3.63) is 28.7 Å². The smallest absolute Gasteiger partial charge is 0.340 e. The highest BCUT2D eigenvalue weighted by atomic mass is 16.5. The van der Waals surface area contributed by atoms with Gasteiger partial charge >= 0.3 is 5.97 Å². The number of ether oxygens (including phenoxy) is 1. The van der Waals surface area contributed by atoms with Crippen molar-refractivity contribution >= 4 is 11.7 Å². The number of phenols is 1. The lowest BCUT2D eigenvalue weighted by Crippen LogP contribution is -2.00. The van der Waals surface area contributed by atoms with E-state index in [-0.39, 0.29) is 17.0 Å². The molecule has 0 atom stereocenters. The maximum Gasteiger partial charge on any atom is 0.340 e. The van der Waals surface area contributed by atoms with E-state index in [1.165, 1.54) is 19.2 Å². The Morgan fingerprint density at radius 3 is 2.77 bits per heavy atom. The van der Waals surface area contributed by atoms with E-state index in [0.29, 0.717) is 0 Å². The molecule has 0 aliphatic carbocycles. The first kappa shape index (κ1) is 9.18. The highest BCUT2D eigenvalue weighted by Gasteiger charge is 2.12. The number of carbonyl (C=O) groups excluding carboxylic acids is 1. The molecule has 0 radical (unpaired) electrons. The summed E-state index contributed by atoms with van der Waals surface area (Å²) >= 11 is 0. The fourth-order valence-electron chi connectivity index (χ4n) is 0.878. The van der Waals surface area contributed by atoms with E-state index in [4.69, 9.17) is 5.11 Å². The number of benzene rings is 1. The Bertz CT molecular complexity index is 348. The summed E-state index contributed by atoms with van der Waals surface area (Å²) in [4.78, 5) is 21.2. The van der Waals surface area contributed by atoms with E-state index < -0.39 is 5.97 Å². The third kappa shape index (κ3) is 1.81. The molecule has 0 amide bonds. The fourth-order valence-corrected chi connectivity index (χ4v) is 0.878. The Morgan fingerprint density at radius 1 is 1.54 bits per heavy atom. The monoisotopic (exact) mass is 181 g/mol. The number of nitroso groups, excluding NO2 is 1. The van der Waals surface area contributed by atoms with Crippen LogP contribution in [0.3, 0.4) is 0 Å². The summed E-state index contributed by atoms with van der Waals surface area (Å²) in [6, 6.07) is 3.65. The average Bonchev–Trinajstić information content (AvgIpc) is 2.16. The molecule has 0 spiro atoms. The number of nitrogens with zero attached hydrogens (tertiary/aromatic N) is 1. The van der Waals surface area contributed by atoms with Gasteiger partial charge in [-0.2, -0.15) is 0 Å². The van der Waals surface area contributed by atoms with Gasteiger partial charge in [-0.3, -0.25) is 0 Å². The van der Waals surface area contributed by atoms with E-state index in [0.717, 1.165) is 6.07 Å². The summed E-state index contributed by atoms with van der Waals surface area (Å²) in [6.45, 7) is 0. The van der Waals surface area contributed by atoms with E-state index in [2.05, 4.69) is 9.91 Å². The highest BCUT2D eigenvalue weighted by molar-refractivity contribution is 5.95. The molecule has 1 rings (SSSR count). The third-order valence-electron chi connectivity index (χ3n) is 1.48. The Hall–Kier alpha value is -1.91. The molecular weight excluding hydrogens is 174 g/mol. The van der Waals surface area contributed by atoms with Crippen LogP contribution in [0, 0.1) is 4.91 Å². The first-order valence-corrected chi connectivity index (χ1v) is 3.43. The molecule has 68 valence electrons. The number of aromatic hydroxyl groups is 1. The quantitative estimate of drug-likeness (QED) is 0.555. The second-order valence-electron chi connectivity index (χ2n) is 2.28. The van der Waals surface area contributed by atoms with Gasteiger partial charge in [-0.25, -0.2) is 4.79 Å². The number of hydrogen-bond acceptors (Lipinski definition) is 5. The molecular formula is C8H7NO4. The van der Waals surface area contributed by atoms with Gasteiger partial charge in [0.2, 0.25) is 0 Å². The number of hydrogen-bond donors (Lipinski definition) is 1. The maximum atomic E-state index is 11.0. The predicted octanol–water partition coefficient (Wildman–Crippen LogP) is 1.58. The van der Waals surface area contributed by atoms with Gasteiger partial charge in [0.25, 0.3) is 0 Å². The van der Waals surface area contributed by atoms with Gasteiger partial charge < -0.3 is 9.84 Å². The van der Waals surface area contributed by atoms with Crippen LogP contribution in [0.25, 0.3) is 0 Å². The molecule has 0 aliphatic heterocycles. The van der Waals surface area contributed by atoms with Crippen LogP contribution in [0.15, 0.2) is 23.4 Å². The molecule has 0 bridgehead atoms. The van der Waals surface area contributed by atoms with Gasteiger partial charge in [0, 0.05) is 6.07 Å². The van der Waals surface area contributed by atoms with Crippen LogP contribution in [0.5, 0.6) is 5.75 Å². The summed E-state index contributed by atoms with van der Waals surface area (Å²) in [5.74, 6) is -0.781. The lowest BCUT2D eigenvalue weighted by molar-refractivity contribution is 0.0601. The van der Waals surface area contributed by atoms with Gasteiger partial charge in [-0.05, 0) is 17.3 Å². The SMILES string of the molecule is COC(=O)c1ccc(O)cc1N=O. The van der Waals surface area contributed by atoms with E-state index in [1.54, 1.807) is 0 Å². The van der Waals surface area contributed by atoms with Gasteiger partial charge in [-0.1, -0.05) is 0 Å². The van der Waals surface area contributed by atoms with Crippen molar-refractivity contribution in [2.24, 2.45) is 5.18 Å². The normalized spacial score (nSPS) is 9.31. The Kier molecular flexibility index (Phi) is 2.59. The number of rotatable bonds is 2. The minimum absolute atomic E-state index is 0.0373. The van der Waals surface area contributed by atoms with Crippen LogP contribution in [0.1, 0.15) is 10.4 Å². The van der Waals surface area contributed by atoms with E-state index >= 15 is 0 Å². The largest absolute Gasteiger partial charge is 0.508 e. The molecule has 0 heterocycles. The molecule has 0 fully saturated rings. The summed E-state index contributed by atoms with van der Waals surface area (Å²) in [5, 5.41) is 11.6. The summed E-state index contributed by atoms with van der Waals surface area (Å²) in [5.41, 5.74) is -0.0952. The topological polar surface area (TPSA) is 76.0 Å². The fraction of sp³-hybridized carbons (Fsp3) is 0.125. The average molecular weight is 181 g/mol. The molecule has 1 aromatic carbocycles. The first-order chi connectivity index (χ1) is 6.19. The molecule has 5 heteroatoms. The number of phenolic OH excluding ortho intramolecular Hbond substituents is 1. The van der Waals surface area contributed by atoms with Gasteiger partial charge in [0.15, 0.2) is 0 Å². The van der Waals surface area contributed by atoms with E-state index in [9.17, 15) is 9.70 Å². The summed E-state index contributed by atoms with van der Waals surface area (Å²) in [6.07, 6.45) is 0. The summed E-state index contributed by atoms with van der Waals surface area (Å²) < 4.78 is 4.40. The predicted molar refractivity (Wildman–Crippen MR) is 44.9 cm³/mol. The van der Waals surface area contributed by atoms with Crippen molar-refractivity contribution in [1.29, 1.82) is 0 Å². The van der Waals surface area contributed by atoms with Crippen molar-refractivity contribution in [1.82, 2.24) is 0 Å². The second kappa shape index (κ2) is 3.66.